The van der Waals surface area contributed by atoms with Gasteiger partial charge in [0.05, 0.1) is 23.0 Å². The van der Waals surface area contributed by atoms with Crippen molar-refractivity contribution in [3.63, 3.8) is 0 Å². The number of methoxy groups -OCH3 is 2. The number of nitrogens with two attached hydrogens (primary N) is 1. The van der Waals surface area contributed by atoms with Crippen molar-refractivity contribution in [1.82, 2.24) is 9.97 Å². The number of halogens is 1. The highest BCUT2D eigenvalue weighted by Gasteiger charge is 2.12. The molecule has 2 aromatic rings. The molecule has 0 aliphatic heterocycles. The van der Waals surface area contributed by atoms with E-state index in [1.165, 1.54) is 0 Å². The van der Waals surface area contributed by atoms with Crippen LogP contribution in [0, 0.1) is 10.5 Å². The Kier molecular flexibility index (Phi) is 4.77. The van der Waals surface area contributed by atoms with Crippen molar-refractivity contribution >= 4 is 28.4 Å². The second kappa shape index (κ2) is 6.36. The first-order valence-corrected chi connectivity index (χ1v) is 7.10. The van der Waals surface area contributed by atoms with E-state index >= 15 is 0 Å². The Morgan fingerprint density at radius 2 is 2.00 bits per heavy atom. The van der Waals surface area contributed by atoms with Crippen LogP contribution in [0.1, 0.15) is 11.3 Å². The van der Waals surface area contributed by atoms with Gasteiger partial charge in [-0.25, -0.2) is 9.97 Å². The van der Waals surface area contributed by atoms with Gasteiger partial charge in [0.1, 0.15) is 11.6 Å². The summed E-state index contributed by atoms with van der Waals surface area (Å²) in [5, 5.41) is 0. The number of ether oxygens (including phenoxy) is 2. The van der Waals surface area contributed by atoms with Crippen LogP contribution >= 0.6 is 22.6 Å². The van der Waals surface area contributed by atoms with E-state index in [0.717, 1.165) is 26.1 Å². The van der Waals surface area contributed by atoms with Gasteiger partial charge < -0.3 is 15.2 Å². The summed E-state index contributed by atoms with van der Waals surface area (Å²) in [6.07, 6.45) is 0. The quantitative estimate of drug-likeness (QED) is 0.820. The molecule has 0 radical (unpaired) electrons. The van der Waals surface area contributed by atoms with E-state index in [-0.39, 0.29) is 0 Å². The fourth-order valence-electron chi connectivity index (χ4n) is 1.89. The van der Waals surface area contributed by atoms with Crippen LogP contribution in [0.15, 0.2) is 18.2 Å². The number of rotatable bonds is 4. The van der Waals surface area contributed by atoms with Crippen LogP contribution in [-0.4, -0.2) is 24.2 Å². The molecule has 0 aliphatic rings. The minimum atomic E-state index is 0.410. The highest BCUT2D eigenvalue weighted by Crippen LogP contribution is 2.26. The van der Waals surface area contributed by atoms with E-state index in [0.29, 0.717) is 18.2 Å². The zero-order valence-corrected chi connectivity index (χ0v) is 13.8. The molecule has 0 atom stereocenters. The van der Waals surface area contributed by atoms with Gasteiger partial charge in [-0.3, -0.25) is 0 Å². The summed E-state index contributed by atoms with van der Waals surface area (Å²) in [6.45, 7) is 2.39. The Labute approximate surface area is 131 Å². The zero-order chi connectivity index (χ0) is 14.7. The Hall–Kier alpha value is -1.41. The summed E-state index contributed by atoms with van der Waals surface area (Å²) in [7, 11) is 3.28. The maximum atomic E-state index is 5.94. The fraction of sp³-hybridized carbons (Fsp3) is 0.286. The van der Waals surface area contributed by atoms with E-state index in [9.17, 15) is 0 Å². The van der Waals surface area contributed by atoms with Crippen LogP contribution in [-0.2, 0) is 11.3 Å². The SMILES string of the molecule is COCc1nc(-c2ccc(OC)c(C)c2)nc(N)c1I. The molecule has 1 aromatic carbocycles. The molecule has 2 rings (SSSR count). The van der Waals surface area contributed by atoms with Crippen LogP contribution < -0.4 is 10.5 Å². The first-order chi connectivity index (χ1) is 9.56. The molecule has 1 heterocycles. The summed E-state index contributed by atoms with van der Waals surface area (Å²) in [6, 6.07) is 5.80. The average molecular weight is 385 g/mol. The molecule has 0 saturated carbocycles. The van der Waals surface area contributed by atoms with Crippen molar-refractivity contribution in [3.8, 4) is 17.1 Å². The van der Waals surface area contributed by atoms with Gasteiger partial charge in [0, 0.05) is 12.7 Å². The molecule has 0 unspecified atom stereocenters. The predicted octanol–water partition coefficient (Wildman–Crippen LogP) is 2.79. The third-order valence-electron chi connectivity index (χ3n) is 2.88. The number of hydrogen-bond donors (Lipinski definition) is 1. The lowest BCUT2D eigenvalue weighted by Gasteiger charge is -2.10. The van der Waals surface area contributed by atoms with Crippen molar-refractivity contribution in [2.75, 3.05) is 20.0 Å². The monoisotopic (exact) mass is 385 g/mol. The Balaban J connectivity index is 2.49. The molecular weight excluding hydrogens is 369 g/mol. The van der Waals surface area contributed by atoms with Crippen LogP contribution in [0.2, 0.25) is 0 Å². The van der Waals surface area contributed by atoms with Gasteiger partial charge in [0.25, 0.3) is 0 Å². The molecule has 20 heavy (non-hydrogen) atoms. The van der Waals surface area contributed by atoms with Crippen LogP contribution in [0.3, 0.4) is 0 Å². The summed E-state index contributed by atoms with van der Waals surface area (Å²) >= 11 is 2.13. The van der Waals surface area contributed by atoms with Crippen LogP contribution in [0.5, 0.6) is 5.75 Å². The van der Waals surface area contributed by atoms with Gasteiger partial charge in [-0.15, -0.1) is 0 Å². The van der Waals surface area contributed by atoms with Gasteiger partial charge in [0.2, 0.25) is 0 Å². The summed E-state index contributed by atoms with van der Waals surface area (Å²) in [5.74, 6) is 1.90. The number of nitrogen functional groups attached to an aromatic ring is 1. The largest absolute Gasteiger partial charge is 0.496 e. The van der Waals surface area contributed by atoms with E-state index in [4.69, 9.17) is 15.2 Å². The molecule has 0 spiro atoms. The molecule has 6 heteroatoms. The van der Waals surface area contributed by atoms with Crippen molar-refractivity contribution in [3.05, 3.63) is 33.0 Å². The van der Waals surface area contributed by atoms with Gasteiger partial charge in [-0.05, 0) is 53.3 Å². The third-order valence-corrected chi connectivity index (χ3v) is 4.05. The van der Waals surface area contributed by atoms with Crippen molar-refractivity contribution in [1.29, 1.82) is 0 Å². The fourth-order valence-corrected chi connectivity index (χ4v) is 2.29. The first-order valence-electron chi connectivity index (χ1n) is 6.02. The highest BCUT2D eigenvalue weighted by atomic mass is 127. The van der Waals surface area contributed by atoms with E-state index in [1.54, 1.807) is 14.2 Å². The van der Waals surface area contributed by atoms with Crippen LogP contribution in [0.25, 0.3) is 11.4 Å². The lowest BCUT2D eigenvalue weighted by Crippen LogP contribution is -2.06. The van der Waals surface area contributed by atoms with Gasteiger partial charge in [-0.2, -0.15) is 0 Å². The number of hydrogen-bond acceptors (Lipinski definition) is 5. The normalized spacial score (nSPS) is 10.6. The number of aromatic nitrogens is 2. The zero-order valence-electron chi connectivity index (χ0n) is 11.6. The molecule has 2 N–H and O–H groups in total. The molecule has 0 bridgehead atoms. The van der Waals surface area contributed by atoms with Gasteiger partial charge >= 0.3 is 0 Å². The summed E-state index contributed by atoms with van der Waals surface area (Å²) in [5.41, 5.74) is 8.67. The standard InChI is InChI=1S/C14H16IN3O2/c1-8-6-9(4-5-11(8)20-3)14-17-10(7-19-2)12(15)13(16)18-14/h4-6H,7H2,1-3H3,(H2,16,17,18). The van der Waals surface area contributed by atoms with E-state index in [1.807, 2.05) is 25.1 Å². The van der Waals surface area contributed by atoms with Crippen LogP contribution in [0.4, 0.5) is 5.82 Å². The second-order valence-corrected chi connectivity index (χ2v) is 5.39. The maximum absolute atomic E-state index is 5.94. The number of anilines is 1. The minimum absolute atomic E-state index is 0.410. The number of nitrogens with zero attached hydrogens (tertiary/aromatic N) is 2. The molecular formula is C14H16IN3O2. The maximum Gasteiger partial charge on any atom is 0.161 e. The molecule has 0 saturated heterocycles. The topological polar surface area (TPSA) is 70.3 Å². The minimum Gasteiger partial charge on any atom is -0.496 e. The first kappa shape index (κ1) is 15.0. The molecule has 0 aliphatic carbocycles. The molecule has 106 valence electrons. The number of aryl methyl sites for hydroxylation is 1. The lowest BCUT2D eigenvalue weighted by atomic mass is 10.1. The molecule has 0 fully saturated rings. The van der Waals surface area contributed by atoms with Gasteiger partial charge in [0.15, 0.2) is 5.82 Å². The molecule has 5 nitrogen and oxygen atoms in total. The highest BCUT2D eigenvalue weighted by molar-refractivity contribution is 14.1. The second-order valence-electron chi connectivity index (χ2n) is 4.31. The number of benzene rings is 1. The summed E-state index contributed by atoms with van der Waals surface area (Å²) in [4.78, 5) is 8.87. The van der Waals surface area contributed by atoms with E-state index < -0.39 is 0 Å². The third kappa shape index (κ3) is 3.01. The smallest absolute Gasteiger partial charge is 0.161 e. The van der Waals surface area contributed by atoms with Crippen molar-refractivity contribution < 1.29 is 9.47 Å². The van der Waals surface area contributed by atoms with Crippen molar-refractivity contribution in [2.24, 2.45) is 0 Å². The van der Waals surface area contributed by atoms with Crippen molar-refractivity contribution in [2.45, 2.75) is 13.5 Å². The molecule has 1 aromatic heterocycles. The van der Waals surface area contributed by atoms with Gasteiger partial charge in [-0.1, -0.05) is 0 Å². The average Bonchev–Trinajstić information content (AvgIpc) is 2.43. The predicted molar refractivity (Wildman–Crippen MR) is 86.6 cm³/mol. The Morgan fingerprint density at radius 1 is 1.25 bits per heavy atom. The summed E-state index contributed by atoms with van der Waals surface area (Å²) < 4.78 is 11.2. The Morgan fingerprint density at radius 3 is 2.60 bits per heavy atom. The molecule has 0 amide bonds. The van der Waals surface area contributed by atoms with E-state index in [2.05, 4.69) is 32.6 Å². The lowest BCUT2D eigenvalue weighted by molar-refractivity contribution is 0.181. The Bertz CT molecular complexity index is 632.